The van der Waals surface area contributed by atoms with Crippen molar-refractivity contribution in [3.05, 3.63) is 53.1 Å². The monoisotopic (exact) mass is 372 g/mol. The van der Waals surface area contributed by atoms with E-state index in [-0.39, 0.29) is 18.3 Å². The highest BCUT2D eigenvalue weighted by atomic mass is 35.5. The Balaban J connectivity index is 1.71. The lowest BCUT2D eigenvalue weighted by atomic mass is 10.1. The molecule has 0 aliphatic rings. The van der Waals surface area contributed by atoms with E-state index in [0.29, 0.717) is 27.9 Å². The minimum absolute atomic E-state index is 0.192. The zero-order valence-electron chi connectivity index (χ0n) is 14.2. The molecular formula is C18H17ClN4O3. The summed E-state index contributed by atoms with van der Waals surface area (Å²) in [6, 6.07) is 12.4. The van der Waals surface area contributed by atoms with Gasteiger partial charge in [0.25, 0.3) is 0 Å². The Morgan fingerprint density at radius 3 is 2.62 bits per heavy atom. The third-order valence-electron chi connectivity index (χ3n) is 3.68. The number of benzene rings is 2. The van der Waals surface area contributed by atoms with E-state index in [1.165, 1.54) is 0 Å². The van der Waals surface area contributed by atoms with Crippen LogP contribution in [0.2, 0.25) is 5.02 Å². The molecule has 134 valence electrons. The molecule has 0 radical (unpaired) electrons. The summed E-state index contributed by atoms with van der Waals surface area (Å²) in [6.07, 6.45) is 0.201. The van der Waals surface area contributed by atoms with E-state index >= 15 is 0 Å². The van der Waals surface area contributed by atoms with Crippen molar-refractivity contribution in [1.82, 2.24) is 15.2 Å². The lowest BCUT2D eigenvalue weighted by Crippen LogP contribution is -2.15. The molecule has 1 amide bonds. The number of carbonyl (C=O) groups is 1. The number of H-pyrrole nitrogens is 1. The first-order chi connectivity index (χ1) is 12.6. The molecule has 0 saturated heterocycles. The van der Waals surface area contributed by atoms with Crippen LogP contribution in [0.3, 0.4) is 0 Å². The van der Waals surface area contributed by atoms with Gasteiger partial charge in [-0.25, -0.2) is 0 Å². The van der Waals surface area contributed by atoms with E-state index in [0.717, 1.165) is 5.56 Å². The first kappa shape index (κ1) is 17.8. The molecule has 0 saturated carbocycles. The fraction of sp³-hybridized carbons (Fsp3) is 0.167. The number of hydrogen-bond acceptors (Lipinski definition) is 5. The van der Waals surface area contributed by atoms with Crippen LogP contribution in [0.4, 0.5) is 5.95 Å². The van der Waals surface area contributed by atoms with Gasteiger partial charge in [0.15, 0.2) is 5.82 Å². The first-order valence-corrected chi connectivity index (χ1v) is 8.16. The fourth-order valence-electron chi connectivity index (χ4n) is 2.39. The van der Waals surface area contributed by atoms with Crippen LogP contribution in [-0.4, -0.2) is 35.3 Å². The second-order valence-electron chi connectivity index (χ2n) is 5.43. The lowest BCUT2D eigenvalue weighted by molar-refractivity contribution is -0.115. The number of anilines is 1. The third-order valence-corrected chi connectivity index (χ3v) is 3.93. The molecule has 1 heterocycles. The normalized spacial score (nSPS) is 10.4. The molecule has 0 bridgehead atoms. The number of aromatic amines is 1. The molecule has 2 aromatic carbocycles. The average Bonchev–Trinajstić information content (AvgIpc) is 3.11. The first-order valence-electron chi connectivity index (χ1n) is 7.78. The Bertz CT molecular complexity index is 909. The van der Waals surface area contributed by atoms with Crippen molar-refractivity contribution in [3.8, 4) is 22.9 Å². The zero-order chi connectivity index (χ0) is 18.5. The Hall–Kier alpha value is -3.06. The van der Waals surface area contributed by atoms with Crippen LogP contribution < -0.4 is 14.8 Å². The van der Waals surface area contributed by atoms with Gasteiger partial charge in [-0.1, -0.05) is 23.7 Å². The van der Waals surface area contributed by atoms with Gasteiger partial charge in [0, 0.05) is 11.1 Å². The second kappa shape index (κ2) is 7.88. The van der Waals surface area contributed by atoms with E-state index < -0.39 is 0 Å². The predicted octanol–water partition coefficient (Wildman–Crippen LogP) is 3.32. The van der Waals surface area contributed by atoms with Gasteiger partial charge in [-0.3, -0.25) is 15.2 Å². The number of carbonyl (C=O) groups excluding carboxylic acids is 1. The lowest BCUT2D eigenvalue weighted by Gasteiger charge is -2.07. The van der Waals surface area contributed by atoms with Crippen molar-refractivity contribution in [1.29, 1.82) is 0 Å². The maximum Gasteiger partial charge on any atom is 0.249 e. The number of methoxy groups -OCH3 is 2. The van der Waals surface area contributed by atoms with Crippen LogP contribution in [0.5, 0.6) is 11.5 Å². The molecule has 3 rings (SSSR count). The molecule has 26 heavy (non-hydrogen) atoms. The van der Waals surface area contributed by atoms with Crippen LogP contribution >= 0.6 is 11.6 Å². The van der Waals surface area contributed by atoms with Crippen LogP contribution in [0.15, 0.2) is 42.5 Å². The molecule has 2 N–H and O–H groups in total. The van der Waals surface area contributed by atoms with Gasteiger partial charge in [0.1, 0.15) is 11.5 Å². The van der Waals surface area contributed by atoms with Crippen LogP contribution in [0.25, 0.3) is 11.4 Å². The fourth-order valence-corrected chi connectivity index (χ4v) is 2.51. The van der Waals surface area contributed by atoms with Crippen LogP contribution in [-0.2, 0) is 11.2 Å². The average molecular weight is 373 g/mol. The highest BCUT2D eigenvalue weighted by molar-refractivity contribution is 6.30. The smallest absolute Gasteiger partial charge is 0.249 e. The second-order valence-corrected chi connectivity index (χ2v) is 5.86. The Labute approximate surface area is 155 Å². The van der Waals surface area contributed by atoms with E-state index in [2.05, 4.69) is 20.5 Å². The minimum atomic E-state index is -0.223. The summed E-state index contributed by atoms with van der Waals surface area (Å²) < 4.78 is 10.5. The number of halogens is 1. The Morgan fingerprint density at radius 1 is 1.15 bits per heavy atom. The van der Waals surface area contributed by atoms with E-state index in [1.807, 2.05) is 0 Å². The summed E-state index contributed by atoms with van der Waals surface area (Å²) in [5, 5.41) is 10.1. The molecule has 0 unspecified atom stereocenters. The highest BCUT2D eigenvalue weighted by Crippen LogP contribution is 2.31. The summed E-state index contributed by atoms with van der Waals surface area (Å²) in [4.78, 5) is 16.4. The van der Waals surface area contributed by atoms with Crippen LogP contribution in [0.1, 0.15) is 5.56 Å². The zero-order valence-corrected chi connectivity index (χ0v) is 15.0. The van der Waals surface area contributed by atoms with Crippen molar-refractivity contribution < 1.29 is 14.3 Å². The molecule has 0 fully saturated rings. The van der Waals surface area contributed by atoms with Crippen molar-refractivity contribution in [2.24, 2.45) is 0 Å². The topological polar surface area (TPSA) is 89.1 Å². The van der Waals surface area contributed by atoms with Crippen molar-refractivity contribution >= 4 is 23.5 Å². The molecule has 7 nitrogen and oxygen atoms in total. The van der Waals surface area contributed by atoms with Gasteiger partial charge >= 0.3 is 0 Å². The van der Waals surface area contributed by atoms with Gasteiger partial charge in [0.05, 0.1) is 26.2 Å². The molecule has 0 atom stereocenters. The number of nitrogens with one attached hydrogen (secondary N) is 2. The highest BCUT2D eigenvalue weighted by Gasteiger charge is 2.14. The van der Waals surface area contributed by atoms with E-state index in [4.69, 9.17) is 21.1 Å². The predicted molar refractivity (Wildman–Crippen MR) is 98.7 cm³/mol. The van der Waals surface area contributed by atoms with Gasteiger partial charge < -0.3 is 9.47 Å². The largest absolute Gasteiger partial charge is 0.497 e. The van der Waals surface area contributed by atoms with E-state index in [9.17, 15) is 4.79 Å². The number of amides is 1. The Morgan fingerprint density at radius 2 is 1.92 bits per heavy atom. The summed E-state index contributed by atoms with van der Waals surface area (Å²) >= 11 is 5.84. The number of rotatable bonds is 6. The summed E-state index contributed by atoms with van der Waals surface area (Å²) in [6.45, 7) is 0. The molecule has 0 spiro atoms. The molecule has 1 aromatic heterocycles. The van der Waals surface area contributed by atoms with Crippen molar-refractivity contribution in [2.75, 3.05) is 19.5 Å². The number of nitrogens with zero attached hydrogens (tertiary/aromatic N) is 2. The Kier molecular flexibility index (Phi) is 5.38. The summed E-state index contributed by atoms with van der Waals surface area (Å²) in [5.41, 5.74) is 1.55. The van der Waals surface area contributed by atoms with E-state index in [1.54, 1.807) is 56.7 Å². The maximum atomic E-state index is 12.1. The molecule has 0 aliphatic carbocycles. The quantitative estimate of drug-likeness (QED) is 0.692. The van der Waals surface area contributed by atoms with Gasteiger partial charge in [0.2, 0.25) is 11.9 Å². The molecule has 3 aromatic rings. The number of aromatic nitrogens is 3. The number of hydrogen-bond donors (Lipinski definition) is 2. The van der Waals surface area contributed by atoms with Crippen molar-refractivity contribution in [3.63, 3.8) is 0 Å². The standard InChI is InChI=1S/C18H17ClN4O3/c1-25-13-7-8-14(15(10-13)26-2)17-21-18(23-22-17)20-16(24)9-11-3-5-12(19)6-4-11/h3-8,10H,9H2,1-2H3,(H2,20,21,22,23,24). The third kappa shape index (κ3) is 4.12. The summed E-state index contributed by atoms with van der Waals surface area (Å²) in [5.74, 6) is 1.70. The maximum absolute atomic E-state index is 12.1. The van der Waals surface area contributed by atoms with Gasteiger partial charge in [-0.05, 0) is 29.8 Å². The van der Waals surface area contributed by atoms with Crippen LogP contribution in [0, 0.1) is 0 Å². The molecular weight excluding hydrogens is 356 g/mol. The SMILES string of the molecule is COc1ccc(-c2nc(NC(=O)Cc3ccc(Cl)cc3)n[nH]2)c(OC)c1. The summed E-state index contributed by atoms with van der Waals surface area (Å²) in [7, 11) is 3.14. The molecule has 0 aliphatic heterocycles. The van der Waals surface area contributed by atoms with Crippen molar-refractivity contribution in [2.45, 2.75) is 6.42 Å². The van der Waals surface area contributed by atoms with Gasteiger partial charge in [-0.15, -0.1) is 5.10 Å². The minimum Gasteiger partial charge on any atom is -0.497 e. The number of ether oxygens (including phenoxy) is 2. The molecule has 8 heteroatoms. The van der Waals surface area contributed by atoms with Gasteiger partial charge in [-0.2, -0.15) is 4.98 Å².